The summed E-state index contributed by atoms with van der Waals surface area (Å²) in [6.07, 6.45) is 3.38. The van der Waals surface area contributed by atoms with Crippen molar-refractivity contribution in [2.45, 2.75) is 19.3 Å². The first kappa shape index (κ1) is 14.6. The van der Waals surface area contributed by atoms with Crippen molar-refractivity contribution >= 4 is 11.7 Å². The molecular formula is C16H21N5O. The summed E-state index contributed by atoms with van der Waals surface area (Å²) in [5, 5.41) is 5.90. The number of amidine groups is 1. The van der Waals surface area contributed by atoms with Gasteiger partial charge in [0.15, 0.2) is 5.84 Å². The Balaban J connectivity index is 1.52. The quantitative estimate of drug-likeness (QED) is 0.821. The average Bonchev–Trinajstić information content (AvgIpc) is 3.04. The molecule has 2 N–H and O–H groups in total. The second-order valence-corrected chi connectivity index (χ2v) is 5.58. The number of piperidine rings is 1. The van der Waals surface area contributed by atoms with E-state index in [0.717, 1.165) is 37.3 Å². The fourth-order valence-electron chi connectivity index (χ4n) is 2.67. The van der Waals surface area contributed by atoms with Gasteiger partial charge in [0.1, 0.15) is 0 Å². The van der Waals surface area contributed by atoms with Crippen LogP contribution in [0.15, 0.2) is 47.6 Å². The van der Waals surface area contributed by atoms with E-state index in [1.165, 1.54) is 6.42 Å². The topological polar surface area (TPSA) is 60.0 Å². The summed E-state index contributed by atoms with van der Waals surface area (Å²) in [6, 6.07) is 9.83. The first-order valence-electron chi connectivity index (χ1n) is 7.64. The van der Waals surface area contributed by atoms with Crippen molar-refractivity contribution in [1.82, 2.24) is 21.0 Å². The van der Waals surface area contributed by atoms with Crippen molar-refractivity contribution < 1.29 is 4.79 Å². The lowest BCUT2D eigenvalue weighted by Crippen LogP contribution is -2.45. The van der Waals surface area contributed by atoms with Gasteiger partial charge in [0.2, 0.25) is 0 Å². The summed E-state index contributed by atoms with van der Waals surface area (Å²) < 4.78 is 0. The summed E-state index contributed by atoms with van der Waals surface area (Å²) in [5.74, 6) is 0.773. The van der Waals surface area contributed by atoms with Gasteiger partial charge in [0.25, 0.3) is 5.91 Å². The second kappa shape index (κ2) is 6.62. The Bertz CT molecular complexity index is 577. The van der Waals surface area contributed by atoms with Crippen LogP contribution in [0, 0.1) is 0 Å². The fourth-order valence-corrected chi connectivity index (χ4v) is 2.67. The third kappa shape index (κ3) is 3.28. The van der Waals surface area contributed by atoms with Crippen LogP contribution in [0.3, 0.4) is 0 Å². The van der Waals surface area contributed by atoms with E-state index >= 15 is 0 Å². The fraction of sp³-hybridized carbons (Fsp3) is 0.375. The van der Waals surface area contributed by atoms with Gasteiger partial charge in [-0.3, -0.25) is 10.2 Å². The molecule has 1 fully saturated rings. The number of rotatable bonds is 4. The van der Waals surface area contributed by atoms with E-state index in [1.54, 1.807) is 5.12 Å². The minimum atomic E-state index is 0.0384. The second-order valence-electron chi connectivity index (χ2n) is 5.58. The Morgan fingerprint density at radius 2 is 1.91 bits per heavy atom. The molecule has 0 aliphatic carbocycles. The molecule has 6 heteroatoms. The highest BCUT2D eigenvalue weighted by Crippen LogP contribution is 2.12. The molecule has 2 aliphatic rings. The Morgan fingerprint density at radius 1 is 1.18 bits per heavy atom. The molecule has 2 aliphatic heterocycles. The molecule has 1 saturated heterocycles. The van der Waals surface area contributed by atoms with Crippen molar-refractivity contribution in [2.24, 2.45) is 5.10 Å². The van der Waals surface area contributed by atoms with E-state index in [0.29, 0.717) is 12.1 Å². The molecule has 6 nitrogen and oxygen atoms in total. The van der Waals surface area contributed by atoms with Gasteiger partial charge in [-0.05, 0) is 19.3 Å². The molecule has 116 valence electrons. The summed E-state index contributed by atoms with van der Waals surface area (Å²) in [5.41, 5.74) is 7.56. The number of benzene rings is 1. The molecule has 0 atom stereocenters. The first-order valence-corrected chi connectivity index (χ1v) is 7.64. The lowest BCUT2D eigenvalue weighted by atomic mass is 10.1. The number of hydrogen-bond acceptors (Lipinski definition) is 5. The Labute approximate surface area is 130 Å². The smallest absolute Gasteiger partial charge is 0.250 e. The van der Waals surface area contributed by atoms with Crippen LogP contribution in [-0.2, 0) is 4.79 Å². The first-order chi connectivity index (χ1) is 10.7. The van der Waals surface area contributed by atoms with E-state index in [4.69, 9.17) is 0 Å². The average molecular weight is 299 g/mol. The van der Waals surface area contributed by atoms with E-state index in [9.17, 15) is 4.79 Å². The summed E-state index contributed by atoms with van der Waals surface area (Å²) in [7, 11) is 0. The maximum absolute atomic E-state index is 12.3. The van der Waals surface area contributed by atoms with Gasteiger partial charge in [-0.1, -0.05) is 36.9 Å². The number of amides is 1. The van der Waals surface area contributed by atoms with Crippen molar-refractivity contribution in [3.63, 3.8) is 0 Å². The predicted molar refractivity (Wildman–Crippen MR) is 85.5 cm³/mol. The normalized spacial score (nSPS) is 18.4. The molecule has 1 aromatic rings. The molecule has 0 saturated carbocycles. The molecule has 0 aromatic heterocycles. The van der Waals surface area contributed by atoms with Crippen LogP contribution in [0.4, 0.5) is 0 Å². The summed E-state index contributed by atoms with van der Waals surface area (Å²) in [4.78, 5) is 14.2. The number of carbonyl (C=O) groups excluding carboxylic acids is 1. The number of likely N-dealkylation sites (tertiary alicyclic amines) is 1. The third-order valence-electron chi connectivity index (χ3n) is 3.87. The molecule has 0 unspecified atom stereocenters. The lowest BCUT2D eigenvalue weighted by Gasteiger charge is -2.28. The molecular weight excluding hydrogens is 278 g/mol. The minimum absolute atomic E-state index is 0.0384. The summed E-state index contributed by atoms with van der Waals surface area (Å²) >= 11 is 0. The third-order valence-corrected chi connectivity index (χ3v) is 3.87. The zero-order valence-electron chi connectivity index (χ0n) is 12.6. The number of nitrogens with one attached hydrogen (secondary N) is 2. The molecule has 1 aromatic carbocycles. The van der Waals surface area contributed by atoms with Gasteiger partial charge in [-0.25, -0.2) is 5.53 Å². The zero-order valence-corrected chi connectivity index (χ0v) is 12.6. The highest BCUT2D eigenvalue weighted by molar-refractivity contribution is 5.99. The van der Waals surface area contributed by atoms with E-state index in [1.807, 2.05) is 35.2 Å². The minimum Gasteiger partial charge on any atom is -0.339 e. The van der Waals surface area contributed by atoms with Crippen molar-refractivity contribution in [3.8, 4) is 0 Å². The van der Waals surface area contributed by atoms with E-state index in [-0.39, 0.29) is 5.91 Å². The Hall–Kier alpha value is -2.34. The molecule has 0 radical (unpaired) electrons. The van der Waals surface area contributed by atoms with Crippen molar-refractivity contribution in [3.05, 3.63) is 48.0 Å². The maximum Gasteiger partial charge on any atom is 0.250 e. The molecule has 3 rings (SSSR count). The SMILES string of the molecule is C=C(CN1NN=C(c2ccccc2)N1)C(=O)N1CCCCC1. The summed E-state index contributed by atoms with van der Waals surface area (Å²) in [6.45, 7) is 5.99. The monoisotopic (exact) mass is 299 g/mol. The van der Waals surface area contributed by atoms with Crippen LogP contribution >= 0.6 is 0 Å². The predicted octanol–water partition coefficient (Wildman–Crippen LogP) is 1.24. The van der Waals surface area contributed by atoms with Crippen LogP contribution < -0.4 is 11.0 Å². The Kier molecular flexibility index (Phi) is 4.39. The van der Waals surface area contributed by atoms with E-state index < -0.39 is 0 Å². The van der Waals surface area contributed by atoms with Crippen LogP contribution in [0.5, 0.6) is 0 Å². The van der Waals surface area contributed by atoms with Gasteiger partial charge in [0.05, 0.1) is 6.54 Å². The number of carbonyl (C=O) groups is 1. The molecule has 0 bridgehead atoms. The Morgan fingerprint density at radius 3 is 2.64 bits per heavy atom. The maximum atomic E-state index is 12.3. The number of nitrogens with zero attached hydrogens (tertiary/aromatic N) is 3. The standard InChI is InChI=1S/C16H21N5O/c1-13(16(22)20-10-6-3-7-11-20)12-21-18-15(17-19-21)14-8-4-2-5-9-14/h2,4-5,8-9,19H,1,3,6-7,10-12H2,(H,17,18). The van der Waals surface area contributed by atoms with Crippen LogP contribution in [-0.4, -0.2) is 41.4 Å². The zero-order chi connectivity index (χ0) is 15.4. The van der Waals surface area contributed by atoms with Gasteiger partial charge in [-0.2, -0.15) is 0 Å². The van der Waals surface area contributed by atoms with E-state index in [2.05, 4.69) is 22.6 Å². The van der Waals surface area contributed by atoms with Crippen molar-refractivity contribution in [2.75, 3.05) is 19.6 Å². The van der Waals surface area contributed by atoms with Crippen molar-refractivity contribution in [1.29, 1.82) is 0 Å². The molecule has 2 heterocycles. The molecule has 1 amide bonds. The highest BCUT2D eigenvalue weighted by atomic mass is 16.2. The molecule has 0 spiro atoms. The number of hydrazine groups is 2. The van der Waals surface area contributed by atoms with Crippen LogP contribution in [0.2, 0.25) is 0 Å². The van der Waals surface area contributed by atoms with Gasteiger partial charge < -0.3 is 4.90 Å². The highest BCUT2D eigenvalue weighted by Gasteiger charge is 2.23. The lowest BCUT2D eigenvalue weighted by molar-refractivity contribution is -0.128. The molecule has 22 heavy (non-hydrogen) atoms. The number of hydrazone groups is 1. The van der Waals surface area contributed by atoms with Gasteiger partial charge >= 0.3 is 0 Å². The largest absolute Gasteiger partial charge is 0.339 e. The van der Waals surface area contributed by atoms with Crippen LogP contribution in [0.1, 0.15) is 24.8 Å². The van der Waals surface area contributed by atoms with Gasteiger partial charge in [0, 0.05) is 24.2 Å². The van der Waals surface area contributed by atoms with Crippen LogP contribution in [0.25, 0.3) is 0 Å². The number of hydrogen-bond donors (Lipinski definition) is 2. The van der Waals surface area contributed by atoms with Gasteiger partial charge in [-0.15, -0.1) is 10.2 Å².